The summed E-state index contributed by atoms with van der Waals surface area (Å²) >= 11 is 0. The summed E-state index contributed by atoms with van der Waals surface area (Å²) in [5.41, 5.74) is 1.30. The monoisotopic (exact) mass is 243 g/mol. The normalized spacial score (nSPS) is 11.0. The minimum absolute atomic E-state index is 0.0566. The summed E-state index contributed by atoms with van der Waals surface area (Å²) < 4.78 is 4.89. The van der Waals surface area contributed by atoms with Gasteiger partial charge < -0.3 is 9.52 Å². The number of hydrogen-bond acceptors (Lipinski definition) is 4. The molecule has 2 aromatic rings. The third-order valence-corrected chi connectivity index (χ3v) is 2.47. The molecule has 0 aliphatic heterocycles. The third-order valence-electron chi connectivity index (χ3n) is 2.47. The number of rotatable bonds is 2. The van der Waals surface area contributed by atoms with E-state index in [0.29, 0.717) is 11.4 Å². The van der Waals surface area contributed by atoms with Crippen molar-refractivity contribution in [3.8, 4) is 5.75 Å². The Morgan fingerprint density at radius 2 is 1.89 bits per heavy atom. The topological polar surface area (TPSA) is 62.8 Å². The smallest absolute Gasteiger partial charge is 0.348 e. The summed E-state index contributed by atoms with van der Waals surface area (Å²) in [4.78, 5) is 15.6. The Labute approximate surface area is 104 Å². The average Bonchev–Trinajstić information content (AvgIpc) is 2.30. The van der Waals surface area contributed by atoms with E-state index in [9.17, 15) is 9.90 Å². The van der Waals surface area contributed by atoms with Crippen molar-refractivity contribution in [3.63, 3.8) is 0 Å². The first-order chi connectivity index (χ1) is 8.56. The lowest BCUT2D eigenvalue weighted by molar-refractivity contribution is 0.433. The average molecular weight is 243 g/mol. The highest BCUT2D eigenvalue weighted by atomic mass is 16.4. The number of aromatic hydroxyl groups is 1. The number of benzene rings is 1. The molecule has 0 radical (unpaired) electrons. The minimum atomic E-state index is -0.594. The first kappa shape index (κ1) is 12.1. The van der Waals surface area contributed by atoms with E-state index in [2.05, 4.69) is 4.99 Å². The lowest BCUT2D eigenvalue weighted by Crippen LogP contribution is -2.07. The third kappa shape index (κ3) is 2.66. The van der Waals surface area contributed by atoms with Crippen LogP contribution in [0.15, 0.2) is 44.5 Å². The molecular formula is C14H13NO3. The SMILES string of the molecule is Cc1ccc(N=Cc2c(O)cc(C)oc2=O)cc1. The highest BCUT2D eigenvalue weighted by molar-refractivity contribution is 5.84. The highest BCUT2D eigenvalue weighted by Crippen LogP contribution is 2.15. The lowest BCUT2D eigenvalue weighted by atomic mass is 10.2. The van der Waals surface area contributed by atoms with Crippen LogP contribution < -0.4 is 5.63 Å². The Balaban J connectivity index is 2.35. The number of hydrogen-bond donors (Lipinski definition) is 1. The summed E-state index contributed by atoms with van der Waals surface area (Å²) in [5.74, 6) is 0.240. The molecule has 18 heavy (non-hydrogen) atoms. The fourth-order valence-electron chi connectivity index (χ4n) is 1.49. The quantitative estimate of drug-likeness (QED) is 0.825. The molecule has 0 aliphatic rings. The zero-order valence-corrected chi connectivity index (χ0v) is 10.2. The van der Waals surface area contributed by atoms with Crippen LogP contribution in [0.4, 0.5) is 5.69 Å². The second kappa shape index (κ2) is 4.87. The second-order valence-electron chi connectivity index (χ2n) is 4.04. The van der Waals surface area contributed by atoms with Crippen molar-refractivity contribution >= 4 is 11.9 Å². The van der Waals surface area contributed by atoms with Gasteiger partial charge in [0.2, 0.25) is 0 Å². The van der Waals surface area contributed by atoms with Crippen molar-refractivity contribution in [2.75, 3.05) is 0 Å². The summed E-state index contributed by atoms with van der Waals surface area (Å²) in [6.07, 6.45) is 1.31. The molecule has 0 atom stereocenters. The summed E-state index contributed by atoms with van der Waals surface area (Å²) in [7, 11) is 0. The van der Waals surface area contributed by atoms with Crippen LogP contribution in [0.3, 0.4) is 0 Å². The first-order valence-electron chi connectivity index (χ1n) is 5.51. The van der Waals surface area contributed by atoms with Crippen LogP contribution in [0.5, 0.6) is 5.75 Å². The standard InChI is InChI=1S/C14H13NO3/c1-9-3-5-11(6-4-9)15-8-12-13(16)7-10(2)18-14(12)17/h3-8,16H,1-2H3. The van der Waals surface area contributed by atoms with Crippen molar-refractivity contribution in [1.82, 2.24) is 0 Å². The number of aryl methyl sites for hydroxylation is 2. The molecule has 1 N–H and O–H groups in total. The largest absolute Gasteiger partial charge is 0.507 e. The molecule has 0 saturated carbocycles. The van der Waals surface area contributed by atoms with Gasteiger partial charge >= 0.3 is 5.63 Å². The fraction of sp³-hybridized carbons (Fsp3) is 0.143. The van der Waals surface area contributed by atoms with Gasteiger partial charge in [-0.3, -0.25) is 4.99 Å². The van der Waals surface area contributed by atoms with Gasteiger partial charge in [0.15, 0.2) is 0 Å². The molecule has 0 saturated heterocycles. The molecule has 1 heterocycles. The van der Waals surface area contributed by atoms with Gasteiger partial charge in [0.1, 0.15) is 17.1 Å². The highest BCUT2D eigenvalue weighted by Gasteiger charge is 2.06. The maximum atomic E-state index is 11.5. The van der Waals surface area contributed by atoms with Gasteiger partial charge in [-0.05, 0) is 26.0 Å². The molecule has 0 fully saturated rings. The zero-order chi connectivity index (χ0) is 13.1. The van der Waals surface area contributed by atoms with E-state index in [1.54, 1.807) is 6.92 Å². The van der Waals surface area contributed by atoms with Crippen LogP contribution in [0, 0.1) is 13.8 Å². The molecule has 4 nitrogen and oxygen atoms in total. The Morgan fingerprint density at radius 1 is 1.22 bits per heavy atom. The van der Waals surface area contributed by atoms with Crippen LogP contribution in [-0.2, 0) is 0 Å². The van der Waals surface area contributed by atoms with Crippen molar-refractivity contribution in [2.24, 2.45) is 4.99 Å². The van der Waals surface area contributed by atoms with Crippen LogP contribution >= 0.6 is 0 Å². The van der Waals surface area contributed by atoms with Crippen LogP contribution in [0.2, 0.25) is 0 Å². The predicted molar refractivity (Wildman–Crippen MR) is 69.8 cm³/mol. The Kier molecular flexibility index (Phi) is 3.28. The van der Waals surface area contributed by atoms with Gasteiger partial charge in [-0.15, -0.1) is 0 Å². The maximum Gasteiger partial charge on any atom is 0.348 e. The molecule has 1 aromatic carbocycles. The lowest BCUT2D eigenvalue weighted by Gasteiger charge is -1.98. The molecule has 0 amide bonds. The first-order valence-corrected chi connectivity index (χ1v) is 5.51. The van der Waals surface area contributed by atoms with Gasteiger partial charge in [-0.25, -0.2) is 4.79 Å². The summed E-state index contributed by atoms with van der Waals surface area (Å²) in [6.45, 7) is 3.58. The predicted octanol–water partition coefficient (Wildman–Crippen LogP) is 2.71. The van der Waals surface area contributed by atoms with Gasteiger partial charge in [0.05, 0.1) is 5.69 Å². The molecule has 1 aromatic heterocycles. The van der Waals surface area contributed by atoms with E-state index in [4.69, 9.17) is 4.42 Å². The Morgan fingerprint density at radius 3 is 2.50 bits per heavy atom. The van der Waals surface area contributed by atoms with Crippen LogP contribution in [0.25, 0.3) is 0 Å². The molecule has 2 rings (SSSR count). The number of nitrogens with zero attached hydrogens (tertiary/aromatic N) is 1. The summed E-state index contributed by atoms with van der Waals surface area (Å²) in [5, 5.41) is 9.64. The van der Waals surface area contributed by atoms with E-state index in [-0.39, 0.29) is 11.3 Å². The minimum Gasteiger partial charge on any atom is -0.507 e. The van der Waals surface area contributed by atoms with E-state index < -0.39 is 5.63 Å². The van der Waals surface area contributed by atoms with Gasteiger partial charge in [0.25, 0.3) is 0 Å². The van der Waals surface area contributed by atoms with Gasteiger partial charge in [0, 0.05) is 12.3 Å². The molecule has 4 heteroatoms. The van der Waals surface area contributed by atoms with E-state index in [1.165, 1.54) is 12.3 Å². The molecule has 0 bridgehead atoms. The fourth-order valence-corrected chi connectivity index (χ4v) is 1.49. The van der Waals surface area contributed by atoms with Crippen molar-refractivity contribution in [1.29, 1.82) is 0 Å². The molecular weight excluding hydrogens is 230 g/mol. The van der Waals surface area contributed by atoms with Gasteiger partial charge in [-0.1, -0.05) is 17.7 Å². The van der Waals surface area contributed by atoms with Crippen molar-refractivity contribution < 1.29 is 9.52 Å². The van der Waals surface area contributed by atoms with Crippen LogP contribution in [0.1, 0.15) is 16.9 Å². The Bertz CT molecular complexity index is 639. The zero-order valence-electron chi connectivity index (χ0n) is 10.2. The number of aliphatic imine (C=N–C) groups is 1. The molecule has 0 spiro atoms. The van der Waals surface area contributed by atoms with Gasteiger partial charge in [-0.2, -0.15) is 0 Å². The molecule has 0 unspecified atom stereocenters. The maximum absolute atomic E-state index is 11.5. The second-order valence-corrected chi connectivity index (χ2v) is 4.04. The Hall–Kier alpha value is -2.36. The van der Waals surface area contributed by atoms with E-state index >= 15 is 0 Å². The van der Waals surface area contributed by atoms with E-state index in [1.807, 2.05) is 31.2 Å². The summed E-state index contributed by atoms with van der Waals surface area (Å²) in [6, 6.07) is 8.89. The molecule has 0 aliphatic carbocycles. The van der Waals surface area contributed by atoms with Crippen molar-refractivity contribution in [3.05, 3.63) is 57.6 Å². The van der Waals surface area contributed by atoms with Crippen LogP contribution in [-0.4, -0.2) is 11.3 Å². The molecule has 92 valence electrons. The van der Waals surface area contributed by atoms with Crippen molar-refractivity contribution in [2.45, 2.75) is 13.8 Å². The van der Waals surface area contributed by atoms with E-state index in [0.717, 1.165) is 5.56 Å².